The van der Waals surface area contributed by atoms with Crippen molar-refractivity contribution in [3.05, 3.63) is 12.2 Å². The first-order chi connectivity index (χ1) is 15.6. The highest BCUT2D eigenvalue weighted by atomic mass is 31.2. The number of quaternary nitrogens is 1. The molecule has 0 aromatic heterocycles. The highest BCUT2D eigenvalue weighted by Gasteiger charge is 2.28. The lowest BCUT2D eigenvalue weighted by Crippen LogP contribution is -2.37. The van der Waals surface area contributed by atoms with E-state index in [9.17, 15) is 19.4 Å². The number of phosphoric acid groups is 1. The van der Waals surface area contributed by atoms with Crippen LogP contribution < -0.4 is 0 Å². The van der Waals surface area contributed by atoms with Gasteiger partial charge in [0, 0.05) is 6.42 Å². The maximum absolute atomic E-state index is 12.0. The van der Waals surface area contributed by atoms with Crippen LogP contribution in [-0.4, -0.2) is 74.1 Å². The van der Waals surface area contributed by atoms with E-state index in [-0.39, 0.29) is 19.6 Å². The molecule has 9 heteroatoms. The standard InChI is InChI=1S/C24H48NO7P/c1-5-6-7-8-9-10-11-12-13-14-15-16-17-18-24(27)30-22-23(21-26)32-33(28,29)31-20-19-25(2,3)4/h10-11,23,26H,5-9,12-22H2,1-4H3/p+1/t23-/m0/s1. The summed E-state index contributed by atoms with van der Waals surface area (Å²) < 4.78 is 27.5. The molecule has 8 nitrogen and oxygen atoms in total. The second kappa shape index (κ2) is 19.5. The Labute approximate surface area is 201 Å². The number of nitrogens with zero attached hydrogens (tertiary/aromatic N) is 1. The fourth-order valence-electron chi connectivity index (χ4n) is 3.01. The summed E-state index contributed by atoms with van der Waals surface area (Å²) in [6.07, 6.45) is 16.4. The lowest BCUT2D eigenvalue weighted by atomic mass is 10.1. The number of ether oxygens (including phenoxy) is 1. The van der Waals surface area contributed by atoms with Crippen LogP contribution in [0.2, 0.25) is 0 Å². The van der Waals surface area contributed by atoms with Gasteiger partial charge >= 0.3 is 13.8 Å². The Balaban J connectivity index is 3.79. The summed E-state index contributed by atoms with van der Waals surface area (Å²) in [5.74, 6) is -0.401. The zero-order chi connectivity index (χ0) is 25.0. The summed E-state index contributed by atoms with van der Waals surface area (Å²) in [5.41, 5.74) is 0. The van der Waals surface area contributed by atoms with E-state index in [1.807, 2.05) is 21.1 Å². The minimum absolute atomic E-state index is 0.0323. The summed E-state index contributed by atoms with van der Waals surface area (Å²) >= 11 is 0. The Morgan fingerprint density at radius 1 is 0.970 bits per heavy atom. The summed E-state index contributed by atoms with van der Waals surface area (Å²) in [6, 6.07) is 0. The summed E-state index contributed by atoms with van der Waals surface area (Å²) in [4.78, 5) is 21.6. The minimum atomic E-state index is -4.33. The molecule has 0 bridgehead atoms. The minimum Gasteiger partial charge on any atom is -0.463 e. The molecule has 0 rings (SSSR count). The largest absolute Gasteiger partial charge is 0.472 e. The number of rotatable bonds is 22. The van der Waals surface area contributed by atoms with Gasteiger partial charge in [0.25, 0.3) is 0 Å². The van der Waals surface area contributed by atoms with Crippen molar-refractivity contribution in [1.82, 2.24) is 0 Å². The molecule has 1 unspecified atom stereocenters. The number of allylic oxidation sites excluding steroid dienone is 2. The number of aliphatic hydroxyl groups excluding tert-OH is 1. The van der Waals surface area contributed by atoms with Gasteiger partial charge in [0.05, 0.1) is 27.7 Å². The van der Waals surface area contributed by atoms with E-state index in [4.69, 9.17) is 13.8 Å². The Kier molecular flexibility index (Phi) is 19.1. The monoisotopic (exact) mass is 494 g/mol. The molecule has 0 heterocycles. The Morgan fingerprint density at radius 3 is 2.12 bits per heavy atom. The number of aliphatic hydroxyl groups is 1. The van der Waals surface area contributed by atoms with Crippen molar-refractivity contribution >= 4 is 13.8 Å². The van der Waals surface area contributed by atoms with Crippen LogP contribution in [-0.2, 0) is 23.1 Å². The number of hydrogen-bond acceptors (Lipinski definition) is 6. The van der Waals surface area contributed by atoms with E-state index in [0.717, 1.165) is 32.1 Å². The molecule has 0 amide bonds. The highest BCUT2D eigenvalue weighted by molar-refractivity contribution is 7.47. The second-order valence-corrected chi connectivity index (χ2v) is 10.9. The van der Waals surface area contributed by atoms with Gasteiger partial charge in [-0.05, 0) is 32.1 Å². The van der Waals surface area contributed by atoms with Crippen molar-refractivity contribution in [1.29, 1.82) is 0 Å². The molecule has 2 atom stereocenters. The molecule has 0 aromatic carbocycles. The lowest BCUT2D eigenvalue weighted by molar-refractivity contribution is -0.870. The topological polar surface area (TPSA) is 102 Å². The smallest absolute Gasteiger partial charge is 0.463 e. The van der Waals surface area contributed by atoms with Gasteiger partial charge in [-0.2, -0.15) is 0 Å². The number of phosphoric ester groups is 1. The average Bonchev–Trinajstić information content (AvgIpc) is 2.73. The maximum atomic E-state index is 12.0. The summed E-state index contributed by atoms with van der Waals surface area (Å²) in [7, 11) is 1.45. The van der Waals surface area contributed by atoms with Crippen LogP contribution in [0.15, 0.2) is 12.2 Å². The number of unbranched alkanes of at least 4 members (excludes halogenated alkanes) is 9. The zero-order valence-electron chi connectivity index (χ0n) is 21.4. The quantitative estimate of drug-likeness (QED) is 0.0719. The third-order valence-electron chi connectivity index (χ3n) is 5.08. The number of likely N-dealkylation sites (N-methyl/N-ethyl adjacent to an activating group) is 1. The number of carbonyl (C=O) groups is 1. The van der Waals surface area contributed by atoms with Crippen molar-refractivity contribution < 1.29 is 37.6 Å². The van der Waals surface area contributed by atoms with Gasteiger partial charge in [-0.1, -0.05) is 57.6 Å². The van der Waals surface area contributed by atoms with Crippen molar-refractivity contribution in [3.8, 4) is 0 Å². The Morgan fingerprint density at radius 2 is 1.55 bits per heavy atom. The normalized spacial score (nSPS) is 15.0. The van der Waals surface area contributed by atoms with Crippen molar-refractivity contribution in [2.24, 2.45) is 0 Å². The van der Waals surface area contributed by atoms with Crippen LogP contribution in [0.25, 0.3) is 0 Å². The van der Waals surface area contributed by atoms with Crippen molar-refractivity contribution in [2.75, 3.05) is 47.5 Å². The van der Waals surface area contributed by atoms with Crippen LogP contribution in [0, 0.1) is 0 Å². The van der Waals surface area contributed by atoms with Gasteiger partial charge in [-0.15, -0.1) is 0 Å². The van der Waals surface area contributed by atoms with Crippen LogP contribution >= 0.6 is 7.82 Å². The molecule has 0 saturated carbocycles. The summed E-state index contributed by atoms with van der Waals surface area (Å²) in [6.45, 7) is 1.93. The fourth-order valence-corrected chi connectivity index (χ4v) is 3.89. The molecule has 2 N–H and O–H groups in total. The highest BCUT2D eigenvalue weighted by Crippen LogP contribution is 2.44. The van der Waals surface area contributed by atoms with Crippen LogP contribution in [0.3, 0.4) is 0 Å². The van der Waals surface area contributed by atoms with E-state index in [1.165, 1.54) is 38.5 Å². The molecule has 0 aliphatic carbocycles. The molecule has 0 fully saturated rings. The SMILES string of the molecule is CCCCCCC=CCCCCCCCC(=O)OC[C@H](CO)OP(=O)(O)OCC[N+](C)(C)C. The van der Waals surface area contributed by atoms with Gasteiger partial charge in [-0.25, -0.2) is 4.57 Å². The molecular formula is C24H49NO7P+. The number of esters is 1. The van der Waals surface area contributed by atoms with Gasteiger partial charge in [-0.3, -0.25) is 13.8 Å². The molecule has 196 valence electrons. The zero-order valence-corrected chi connectivity index (χ0v) is 22.3. The molecule has 0 saturated heterocycles. The van der Waals surface area contributed by atoms with E-state index >= 15 is 0 Å². The van der Waals surface area contributed by atoms with E-state index < -0.39 is 26.5 Å². The van der Waals surface area contributed by atoms with Crippen LogP contribution in [0.4, 0.5) is 0 Å². The predicted molar refractivity (Wildman–Crippen MR) is 132 cm³/mol. The third kappa shape index (κ3) is 22.8. The lowest BCUT2D eigenvalue weighted by Gasteiger charge is -2.24. The van der Waals surface area contributed by atoms with E-state index in [0.29, 0.717) is 11.0 Å². The fraction of sp³-hybridized carbons (Fsp3) is 0.875. The van der Waals surface area contributed by atoms with Crippen LogP contribution in [0.5, 0.6) is 0 Å². The van der Waals surface area contributed by atoms with E-state index in [1.54, 1.807) is 0 Å². The first-order valence-corrected chi connectivity index (χ1v) is 14.0. The third-order valence-corrected chi connectivity index (χ3v) is 6.15. The van der Waals surface area contributed by atoms with Crippen molar-refractivity contribution in [3.63, 3.8) is 0 Å². The van der Waals surface area contributed by atoms with E-state index in [2.05, 4.69) is 19.1 Å². The molecule has 0 radical (unpaired) electrons. The predicted octanol–water partition coefficient (Wildman–Crippen LogP) is 4.99. The first-order valence-electron chi connectivity index (χ1n) is 12.5. The average molecular weight is 495 g/mol. The van der Waals surface area contributed by atoms with Gasteiger partial charge in [0.2, 0.25) is 0 Å². The molecule has 0 aliphatic heterocycles. The molecule has 0 spiro atoms. The second-order valence-electron chi connectivity index (χ2n) is 9.54. The molecular weight excluding hydrogens is 445 g/mol. The molecule has 0 aromatic rings. The van der Waals surface area contributed by atoms with Gasteiger partial charge in [0.1, 0.15) is 25.9 Å². The summed E-state index contributed by atoms with van der Waals surface area (Å²) in [5, 5.41) is 9.34. The van der Waals surface area contributed by atoms with Gasteiger partial charge in [0.15, 0.2) is 0 Å². The molecule has 0 aliphatic rings. The number of carbonyl (C=O) groups excluding carboxylic acids is 1. The molecule has 33 heavy (non-hydrogen) atoms. The Bertz CT molecular complexity index is 564. The Hall–Kier alpha value is -0.760. The van der Waals surface area contributed by atoms with Gasteiger partial charge < -0.3 is 19.2 Å². The van der Waals surface area contributed by atoms with Crippen LogP contribution in [0.1, 0.15) is 84.0 Å². The maximum Gasteiger partial charge on any atom is 0.472 e. The van der Waals surface area contributed by atoms with Crippen molar-refractivity contribution in [2.45, 2.75) is 90.1 Å². The first kappa shape index (κ1) is 32.2. The number of hydrogen-bond donors (Lipinski definition) is 2.